The van der Waals surface area contributed by atoms with Crippen molar-refractivity contribution in [3.05, 3.63) is 0 Å². The Balaban J connectivity index is 2.58. The van der Waals surface area contributed by atoms with Crippen LogP contribution in [-0.2, 0) is 4.74 Å². The van der Waals surface area contributed by atoms with Gasteiger partial charge in [-0.3, -0.25) is 0 Å². The van der Waals surface area contributed by atoms with Gasteiger partial charge >= 0.3 is 0 Å². The summed E-state index contributed by atoms with van der Waals surface area (Å²) in [6, 6.07) is 0. The van der Waals surface area contributed by atoms with Crippen molar-refractivity contribution < 1.29 is 25.2 Å². The second kappa shape index (κ2) is 3.68. The molecule has 0 bridgehead atoms. The van der Waals surface area contributed by atoms with E-state index in [4.69, 9.17) is 14.9 Å². The third-order valence-electron chi connectivity index (χ3n) is 2.11. The summed E-state index contributed by atoms with van der Waals surface area (Å²) in [4.78, 5) is 0. The third kappa shape index (κ3) is 1.60. The molecule has 0 aromatic rings. The van der Waals surface area contributed by atoms with Gasteiger partial charge in [-0.1, -0.05) is 0 Å². The predicted octanol–water partition coefficient (Wildman–Crippen LogP) is -2.15. The first-order valence-electron chi connectivity index (χ1n) is 3.88. The molecule has 5 nitrogen and oxygen atoms in total. The molecular weight excluding hydrogens is 164 g/mol. The molecule has 1 aliphatic heterocycles. The Labute approximate surface area is 70.2 Å². The second-order valence-electron chi connectivity index (χ2n) is 3.04. The van der Waals surface area contributed by atoms with Crippen LogP contribution in [0.25, 0.3) is 0 Å². The highest BCUT2D eigenvalue weighted by Gasteiger charge is 2.43. The molecule has 1 aliphatic rings. The first kappa shape index (κ1) is 9.88. The van der Waals surface area contributed by atoms with Gasteiger partial charge in [-0.2, -0.15) is 0 Å². The molecule has 0 aromatic heterocycles. The van der Waals surface area contributed by atoms with Crippen LogP contribution in [-0.4, -0.2) is 57.6 Å². The van der Waals surface area contributed by atoms with E-state index in [9.17, 15) is 10.2 Å². The highest BCUT2D eigenvalue weighted by molar-refractivity contribution is 4.91. The average Bonchev–Trinajstić information content (AvgIpc) is 2.32. The summed E-state index contributed by atoms with van der Waals surface area (Å²) in [5.74, 6) is 0. The molecule has 1 saturated heterocycles. The van der Waals surface area contributed by atoms with E-state index >= 15 is 0 Å². The van der Waals surface area contributed by atoms with Crippen LogP contribution in [0.5, 0.6) is 0 Å². The fourth-order valence-electron chi connectivity index (χ4n) is 1.30. The van der Waals surface area contributed by atoms with E-state index in [0.717, 1.165) is 0 Å². The van der Waals surface area contributed by atoms with Crippen LogP contribution in [0.1, 0.15) is 6.92 Å². The van der Waals surface area contributed by atoms with Crippen LogP contribution in [0.3, 0.4) is 0 Å². The number of rotatable bonds is 2. The fraction of sp³-hybridized carbons (Fsp3) is 1.00. The van der Waals surface area contributed by atoms with Crippen molar-refractivity contribution in [2.45, 2.75) is 37.4 Å². The van der Waals surface area contributed by atoms with Crippen LogP contribution in [0, 0.1) is 0 Å². The van der Waals surface area contributed by atoms with Crippen molar-refractivity contribution in [2.24, 2.45) is 0 Å². The lowest BCUT2D eigenvalue weighted by Crippen LogP contribution is -2.40. The average molecular weight is 178 g/mol. The number of aliphatic hydroxyl groups is 4. The minimum Gasteiger partial charge on any atom is -0.394 e. The van der Waals surface area contributed by atoms with Gasteiger partial charge in [-0.05, 0) is 6.92 Å². The molecule has 0 unspecified atom stereocenters. The van der Waals surface area contributed by atoms with E-state index in [-0.39, 0.29) is 0 Å². The van der Waals surface area contributed by atoms with E-state index in [1.807, 2.05) is 0 Å². The SMILES string of the molecule is C[C@@H]1O[C@H]([C@H](O)CO)[C@@H](O)[C@H]1O. The van der Waals surface area contributed by atoms with Gasteiger partial charge in [0.05, 0.1) is 12.7 Å². The molecule has 1 rings (SSSR count). The van der Waals surface area contributed by atoms with E-state index in [1.54, 1.807) is 6.92 Å². The quantitative estimate of drug-likeness (QED) is 0.387. The molecule has 0 radical (unpaired) electrons. The summed E-state index contributed by atoms with van der Waals surface area (Å²) in [6.07, 6.45) is -4.65. The maximum atomic E-state index is 9.28. The van der Waals surface area contributed by atoms with Crippen LogP contribution < -0.4 is 0 Å². The van der Waals surface area contributed by atoms with E-state index in [0.29, 0.717) is 0 Å². The number of ether oxygens (including phenoxy) is 1. The van der Waals surface area contributed by atoms with E-state index < -0.39 is 37.1 Å². The Kier molecular flexibility index (Phi) is 3.03. The Morgan fingerprint density at radius 3 is 2.25 bits per heavy atom. The Morgan fingerprint density at radius 1 is 1.33 bits per heavy atom. The number of hydrogen-bond acceptors (Lipinski definition) is 5. The first-order valence-corrected chi connectivity index (χ1v) is 3.88. The third-order valence-corrected chi connectivity index (χ3v) is 2.11. The van der Waals surface area contributed by atoms with Crippen LogP contribution >= 0.6 is 0 Å². The zero-order chi connectivity index (χ0) is 9.30. The molecule has 0 amide bonds. The largest absolute Gasteiger partial charge is 0.394 e. The van der Waals surface area contributed by atoms with Gasteiger partial charge in [0.2, 0.25) is 0 Å². The molecular formula is C7H14O5. The van der Waals surface area contributed by atoms with Gasteiger partial charge in [0, 0.05) is 0 Å². The number of hydrogen-bond donors (Lipinski definition) is 4. The molecule has 1 heterocycles. The lowest BCUT2D eigenvalue weighted by Gasteiger charge is -2.18. The van der Waals surface area contributed by atoms with Crippen molar-refractivity contribution in [3.8, 4) is 0 Å². The zero-order valence-corrected chi connectivity index (χ0v) is 6.79. The molecule has 5 heteroatoms. The molecule has 0 spiro atoms. The highest BCUT2D eigenvalue weighted by atomic mass is 16.6. The molecule has 4 N–H and O–H groups in total. The van der Waals surface area contributed by atoms with Gasteiger partial charge in [0.1, 0.15) is 24.4 Å². The minimum atomic E-state index is -1.14. The minimum absolute atomic E-state index is 0.485. The molecule has 0 aromatic carbocycles. The molecule has 72 valence electrons. The van der Waals surface area contributed by atoms with Crippen LogP contribution in [0.15, 0.2) is 0 Å². The predicted molar refractivity (Wildman–Crippen MR) is 39.4 cm³/mol. The van der Waals surface area contributed by atoms with Crippen molar-refractivity contribution in [2.75, 3.05) is 6.61 Å². The normalized spacial score (nSPS) is 44.8. The smallest absolute Gasteiger partial charge is 0.115 e. The lowest BCUT2D eigenvalue weighted by molar-refractivity contribution is -0.0786. The summed E-state index contributed by atoms with van der Waals surface area (Å²) in [5, 5.41) is 36.2. The maximum absolute atomic E-state index is 9.28. The Morgan fingerprint density at radius 2 is 1.92 bits per heavy atom. The second-order valence-corrected chi connectivity index (χ2v) is 3.04. The van der Waals surface area contributed by atoms with Crippen molar-refractivity contribution in [1.82, 2.24) is 0 Å². The van der Waals surface area contributed by atoms with Gasteiger partial charge < -0.3 is 25.2 Å². The standard InChI is InChI=1S/C7H14O5/c1-3-5(10)6(11)7(12-3)4(9)2-8/h3-11H,2H2,1H3/t3-,4+,5-,6-,7+/m0/s1. The topological polar surface area (TPSA) is 90.2 Å². The van der Waals surface area contributed by atoms with E-state index in [2.05, 4.69) is 0 Å². The first-order chi connectivity index (χ1) is 5.57. The Hall–Kier alpha value is -0.200. The molecule has 12 heavy (non-hydrogen) atoms. The van der Waals surface area contributed by atoms with Crippen molar-refractivity contribution >= 4 is 0 Å². The maximum Gasteiger partial charge on any atom is 0.115 e. The van der Waals surface area contributed by atoms with Crippen molar-refractivity contribution in [1.29, 1.82) is 0 Å². The highest BCUT2D eigenvalue weighted by Crippen LogP contribution is 2.22. The fourth-order valence-corrected chi connectivity index (χ4v) is 1.30. The molecule has 0 saturated carbocycles. The van der Waals surface area contributed by atoms with Gasteiger partial charge in [-0.15, -0.1) is 0 Å². The van der Waals surface area contributed by atoms with Gasteiger partial charge in [0.15, 0.2) is 0 Å². The molecule has 5 atom stereocenters. The molecule has 0 aliphatic carbocycles. The van der Waals surface area contributed by atoms with Crippen LogP contribution in [0.2, 0.25) is 0 Å². The molecule has 1 fully saturated rings. The monoisotopic (exact) mass is 178 g/mol. The lowest BCUT2D eigenvalue weighted by atomic mass is 10.1. The van der Waals surface area contributed by atoms with E-state index in [1.165, 1.54) is 0 Å². The van der Waals surface area contributed by atoms with Crippen molar-refractivity contribution in [3.63, 3.8) is 0 Å². The summed E-state index contributed by atoms with van der Waals surface area (Å²) < 4.78 is 5.03. The number of aliphatic hydroxyl groups excluding tert-OH is 4. The summed E-state index contributed by atoms with van der Waals surface area (Å²) >= 11 is 0. The zero-order valence-electron chi connectivity index (χ0n) is 6.79. The summed E-state index contributed by atoms with van der Waals surface area (Å²) in [7, 11) is 0. The Bertz CT molecular complexity index is 151. The van der Waals surface area contributed by atoms with Crippen LogP contribution in [0.4, 0.5) is 0 Å². The van der Waals surface area contributed by atoms with Gasteiger partial charge in [-0.25, -0.2) is 0 Å². The van der Waals surface area contributed by atoms with Gasteiger partial charge in [0.25, 0.3) is 0 Å². The summed E-state index contributed by atoms with van der Waals surface area (Å²) in [5.41, 5.74) is 0. The summed E-state index contributed by atoms with van der Waals surface area (Å²) in [6.45, 7) is 1.11.